The average molecular weight is 293 g/mol. The van der Waals surface area contributed by atoms with Crippen LogP contribution in [0.2, 0.25) is 0 Å². The van der Waals surface area contributed by atoms with Gasteiger partial charge in [0, 0.05) is 10.5 Å². The topological polar surface area (TPSA) is 66.4 Å². The van der Waals surface area contributed by atoms with Crippen molar-refractivity contribution in [3.63, 3.8) is 0 Å². The standard InChI is InChI=1S/C15H19NO3S/c1-9-3-6-11(20-2)8-12(9)14(17)16-13(15(18)19)7-10-4-5-10/h3,6,8,10,13H,4-5,7H2,1-2H3,(H,16,17)(H,18,19). The van der Waals surface area contributed by atoms with E-state index in [9.17, 15) is 14.7 Å². The van der Waals surface area contributed by atoms with Crippen molar-refractivity contribution >= 4 is 23.6 Å². The molecule has 1 aliphatic carbocycles. The van der Waals surface area contributed by atoms with E-state index in [2.05, 4.69) is 5.32 Å². The highest BCUT2D eigenvalue weighted by Gasteiger charge is 2.30. The van der Waals surface area contributed by atoms with Gasteiger partial charge in [-0.2, -0.15) is 0 Å². The molecule has 5 heteroatoms. The molecule has 2 N–H and O–H groups in total. The van der Waals surface area contributed by atoms with Gasteiger partial charge in [0.1, 0.15) is 6.04 Å². The van der Waals surface area contributed by atoms with E-state index in [0.717, 1.165) is 23.3 Å². The Bertz CT molecular complexity index is 526. The molecule has 20 heavy (non-hydrogen) atoms. The normalized spacial score (nSPS) is 15.7. The second-order valence-corrected chi connectivity index (χ2v) is 6.10. The predicted octanol–water partition coefficient (Wildman–Crippen LogP) is 2.70. The van der Waals surface area contributed by atoms with E-state index in [1.54, 1.807) is 11.8 Å². The van der Waals surface area contributed by atoms with Crippen LogP contribution >= 0.6 is 11.8 Å². The number of amides is 1. The van der Waals surface area contributed by atoms with Crippen LogP contribution in [0.4, 0.5) is 0 Å². The zero-order valence-corrected chi connectivity index (χ0v) is 12.5. The summed E-state index contributed by atoms with van der Waals surface area (Å²) in [6.45, 7) is 1.86. The first-order valence-electron chi connectivity index (χ1n) is 6.69. The van der Waals surface area contributed by atoms with E-state index in [-0.39, 0.29) is 5.91 Å². The van der Waals surface area contributed by atoms with Crippen molar-refractivity contribution < 1.29 is 14.7 Å². The molecule has 108 valence electrons. The molecule has 0 saturated heterocycles. The molecule has 1 aromatic carbocycles. The van der Waals surface area contributed by atoms with Crippen LogP contribution in [0.15, 0.2) is 23.1 Å². The number of carbonyl (C=O) groups excluding carboxylic acids is 1. The second-order valence-electron chi connectivity index (χ2n) is 5.22. The lowest BCUT2D eigenvalue weighted by Gasteiger charge is -2.15. The number of hydrogen-bond donors (Lipinski definition) is 2. The van der Waals surface area contributed by atoms with Crippen molar-refractivity contribution in [3.05, 3.63) is 29.3 Å². The first-order valence-corrected chi connectivity index (χ1v) is 7.92. The maximum atomic E-state index is 12.3. The number of hydrogen-bond acceptors (Lipinski definition) is 3. The lowest BCUT2D eigenvalue weighted by molar-refractivity contribution is -0.139. The first kappa shape index (κ1) is 14.9. The van der Waals surface area contributed by atoms with Gasteiger partial charge in [-0.05, 0) is 43.2 Å². The maximum Gasteiger partial charge on any atom is 0.326 e. The van der Waals surface area contributed by atoms with Crippen molar-refractivity contribution in [2.45, 2.75) is 37.1 Å². The number of rotatable bonds is 6. The fourth-order valence-corrected chi connectivity index (χ4v) is 2.56. The summed E-state index contributed by atoms with van der Waals surface area (Å²) in [5.74, 6) is -0.801. The van der Waals surface area contributed by atoms with Gasteiger partial charge in [0.2, 0.25) is 0 Å². The summed E-state index contributed by atoms with van der Waals surface area (Å²) in [6.07, 6.45) is 4.61. The molecule has 1 aliphatic rings. The first-order chi connectivity index (χ1) is 9.51. The second kappa shape index (κ2) is 6.31. The predicted molar refractivity (Wildman–Crippen MR) is 79.2 cm³/mol. The minimum Gasteiger partial charge on any atom is -0.480 e. The summed E-state index contributed by atoms with van der Waals surface area (Å²) in [6, 6.07) is 4.87. The molecule has 0 radical (unpaired) electrons. The van der Waals surface area contributed by atoms with Gasteiger partial charge < -0.3 is 10.4 Å². The molecule has 1 unspecified atom stereocenters. The minimum atomic E-state index is -0.955. The van der Waals surface area contributed by atoms with Gasteiger partial charge in [-0.25, -0.2) is 4.79 Å². The Kier molecular flexibility index (Phi) is 4.70. The monoisotopic (exact) mass is 293 g/mol. The molecule has 0 aliphatic heterocycles. The molecule has 4 nitrogen and oxygen atoms in total. The number of aryl methyl sites for hydroxylation is 1. The van der Waals surface area contributed by atoms with Gasteiger partial charge in [-0.1, -0.05) is 18.9 Å². The Morgan fingerprint density at radius 3 is 2.70 bits per heavy atom. The molecule has 0 bridgehead atoms. The highest BCUT2D eigenvalue weighted by molar-refractivity contribution is 7.98. The van der Waals surface area contributed by atoms with Crippen LogP contribution in [0.5, 0.6) is 0 Å². The third-order valence-electron chi connectivity index (χ3n) is 3.56. The fraction of sp³-hybridized carbons (Fsp3) is 0.467. The molecular formula is C15H19NO3S. The molecule has 1 amide bonds. The van der Waals surface area contributed by atoms with Gasteiger partial charge in [0.15, 0.2) is 0 Å². The molecule has 0 spiro atoms. The van der Waals surface area contributed by atoms with Gasteiger partial charge in [0.05, 0.1) is 0 Å². The number of carboxylic acids is 1. The molecule has 0 aromatic heterocycles. The Hall–Kier alpha value is -1.49. The highest BCUT2D eigenvalue weighted by atomic mass is 32.2. The maximum absolute atomic E-state index is 12.3. The van der Waals surface area contributed by atoms with Gasteiger partial charge >= 0.3 is 5.97 Å². The third-order valence-corrected chi connectivity index (χ3v) is 4.28. The summed E-state index contributed by atoms with van der Waals surface area (Å²) in [5, 5.41) is 11.8. The summed E-state index contributed by atoms with van der Waals surface area (Å²) in [5.41, 5.74) is 1.41. The minimum absolute atomic E-state index is 0.300. The molecule has 1 atom stereocenters. The third kappa shape index (κ3) is 3.76. The lowest BCUT2D eigenvalue weighted by atomic mass is 10.1. The average Bonchev–Trinajstić information content (AvgIpc) is 3.22. The SMILES string of the molecule is CSc1ccc(C)c(C(=O)NC(CC2CC2)C(=O)O)c1. The summed E-state index contributed by atoms with van der Waals surface area (Å²) < 4.78 is 0. The summed E-state index contributed by atoms with van der Waals surface area (Å²) in [4.78, 5) is 24.5. The number of aliphatic carboxylic acids is 1. The van der Waals surface area contributed by atoms with Crippen LogP contribution < -0.4 is 5.32 Å². The van der Waals surface area contributed by atoms with Gasteiger partial charge in [-0.3, -0.25) is 4.79 Å². The van der Waals surface area contributed by atoms with Crippen LogP contribution in [-0.4, -0.2) is 29.3 Å². The molecule has 2 rings (SSSR count). The van der Waals surface area contributed by atoms with E-state index in [1.165, 1.54) is 0 Å². The number of nitrogens with one attached hydrogen (secondary N) is 1. The lowest BCUT2D eigenvalue weighted by Crippen LogP contribution is -2.41. The van der Waals surface area contributed by atoms with Crippen molar-refractivity contribution in [2.24, 2.45) is 5.92 Å². The van der Waals surface area contributed by atoms with Crippen LogP contribution in [0.1, 0.15) is 35.2 Å². The quantitative estimate of drug-likeness (QED) is 0.791. The van der Waals surface area contributed by atoms with E-state index in [1.807, 2.05) is 31.4 Å². The van der Waals surface area contributed by atoms with E-state index >= 15 is 0 Å². The van der Waals surface area contributed by atoms with E-state index in [4.69, 9.17) is 0 Å². The van der Waals surface area contributed by atoms with Crippen LogP contribution in [0.3, 0.4) is 0 Å². The number of benzene rings is 1. The zero-order valence-electron chi connectivity index (χ0n) is 11.7. The van der Waals surface area contributed by atoms with Crippen LogP contribution in [-0.2, 0) is 4.79 Å². The van der Waals surface area contributed by atoms with Crippen LogP contribution in [0, 0.1) is 12.8 Å². The Labute approximate surface area is 123 Å². The van der Waals surface area contributed by atoms with Crippen molar-refractivity contribution in [2.75, 3.05) is 6.26 Å². The zero-order chi connectivity index (χ0) is 14.7. The van der Waals surface area contributed by atoms with Gasteiger partial charge in [-0.15, -0.1) is 11.8 Å². The Balaban J connectivity index is 2.11. The number of thioether (sulfide) groups is 1. The number of carbonyl (C=O) groups is 2. The summed E-state index contributed by atoms with van der Waals surface area (Å²) in [7, 11) is 0. The molecular weight excluding hydrogens is 274 g/mol. The fourth-order valence-electron chi connectivity index (χ4n) is 2.12. The Morgan fingerprint density at radius 2 is 2.15 bits per heavy atom. The molecule has 1 aromatic rings. The van der Waals surface area contributed by atoms with Crippen molar-refractivity contribution in [1.29, 1.82) is 0 Å². The van der Waals surface area contributed by atoms with Gasteiger partial charge in [0.25, 0.3) is 5.91 Å². The highest BCUT2D eigenvalue weighted by Crippen LogP contribution is 2.33. The van der Waals surface area contributed by atoms with Crippen LogP contribution in [0.25, 0.3) is 0 Å². The molecule has 1 saturated carbocycles. The largest absolute Gasteiger partial charge is 0.480 e. The van der Waals surface area contributed by atoms with Crippen molar-refractivity contribution in [3.8, 4) is 0 Å². The van der Waals surface area contributed by atoms with Crippen molar-refractivity contribution in [1.82, 2.24) is 5.32 Å². The summed E-state index contributed by atoms with van der Waals surface area (Å²) >= 11 is 1.56. The molecule has 0 heterocycles. The number of carboxylic acid groups (broad SMARTS) is 1. The Morgan fingerprint density at radius 1 is 1.45 bits per heavy atom. The molecule has 1 fully saturated rings. The smallest absolute Gasteiger partial charge is 0.326 e. The van der Waals surface area contributed by atoms with E-state index in [0.29, 0.717) is 17.9 Å². The van der Waals surface area contributed by atoms with E-state index < -0.39 is 12.0 Å².